The number of rotatable bonds is 4. The molecule has 1 heterocycles. The van der Waals surface area contributed by atoms with E-state index in [9.17, 15) is 14.7 Å². The summed E-state index contributed by atoms with van der Waals surface area (Å²) in [7, 11) is 0. The molecule has 20 heavy (non-hydrogen) atoms. The fraction of sp³-hybridized carbons (Fsp3) is 0.875. The molecule has 1 aliphatic carbocycles. The average Bonchev–Trinajstić information content (AvgIpc) is 2.58. The molecule has 0 aromatic heterocycles. The molecule has 0 spiro atoms. The van der Waals surface area contributed by atoms with E-state index in [1.54, 1.807) is 0 Å². The summed E-state index contributed by atoms with van der Waals surface area (Å²) in [6.07, 6.45) is 5.76. The highest BCUT2D eigenvalue weighted by atomic mass is 16.4. The van der Waals surface area contributed by atoms with Gasteiger partial charge in [0.1, 0.15) is 0 Å². The molecular formula is C16H27NO3. The zero-order chi connectivity index (χ0) is 14.8. The van der Waals surface area contributed by atoms with E-state index in [-0.39, 0.29) is 12.3 Å². The van der Waals surface area contributed by atoms with Gasteiger partial charge in [0.25, 0.3) is 0 Å². The first-order valence-electron chi connectivity index (χ1n) is 7.96. The SMILES string of the molecule is CC(C)C1CCCN(C(=O)CC2(C(=O)O)CCC2)CC1. The number of hydrogen-bond acceptors (Lipinski definition) is 2. The lowest BCUT2D eigenvalue weighted by Crippen LogP contribution is -2.44. The number of likely N-dealkylation sites (tertiary alicyclic amines) is 1. The number of carbonyl (C=O) groups is 2. The van der Waals surface area contributed by atoms with Gasteiger partial charge in [-0.15, -0.1) is 0 Å². The third-order valence-corrected chi connectivity index (χ3v) is 5.32. The quantitative estimate of drug-likeness (QED) is 0.862. The molecule has 114 valence electrons. The fourth-order valence-electron chi connectivity index (χ4n) is 3.51. The molecule has 0 radical (unpaired) electrons. The van der Waals surface area contributed by atoms with Crippen LogP contribution in [0.25, 0.3) is 0 Å². The van der Waals surface area contributed by atoms with Gasteiger partial charge in [0.2, 0.25) is 5.91 Å². The second kappa shape index (κ2) is 6.15. The van der Waals surface area contributed by atoms with E-state index in [1.165, 1.54) is 6.42 Å². The van der Waals surface area contributed by atoms with Gasteiger partial charge in [-0.1, -0.05) is 20.3 Å². The Balaban J connectivity index is 1.91. The van der Waals surface area contributed by atoms with Crippen molar-refractivity contribution in [1.82, 2.24) is 4.90 Å². The van der Waals surface area contributed by atoms with Gasteiger partial charge in [0.15, 0.2) is 0 Å². The number of carboxylic acids is 1. The molecular weight excluding hydrogens is 254 g/mol. The maximum atomic E-state index is 12.4. The summed E-state index contributed by atoms with van der Waals surface area (Å²) in [4.78, 5) is 25.7. The zero-order valence-electron chi connectivity index (χ0n) is 12.7. The minimum Gasteiger partial charge on any atom is -0.481 e. The van der Waals surface area contributed by atoms with Crippen LogP contribution in [0.4, 0.5) is 0 Å². The van der Waals surface area contributed by atoms with Gasteiger partial charge in [-0.2, -0.15) is 0 Å². The van der Waals surface area contributed by atoms with Gasteiger partial charge in [-0.05, 0) is 43.9 Å². The van der Waals surface area contributed by atoms with Crippen LogP contribution in [0.15, 0.2) is 0 Å². The van der Waals surface area contributed by atoms with Crippen LogP contribution in [0.5, 0.6) is 0 Å². The second-order valence-electron chi connectivity index (χ2n) is 6.93. The molecule has 2 fully saturated rings. The molecule has 1 aliphatic heterocycles. The Morgan fingerprint density at radius 2 is 1.90 bits per heavy atom. The predicted octanol–water partition coefficient (Wildman–Crippen LogP) is 2.92. The van der Waals surface area contributed by atoms with Crippen LogP contribution in [-0.4, -0.2) is 35.0 Å². The normalized spacial score (nSPS) is 25.9. The van der Waals surface area contributed by atoms with Crippen molar-refractivity contribution >= 4 is 11.9 Å². The van der Waals surface area contributed by atoms with Crippen molar-refractivity contribution in [3.05, 3.63) is 0 Å². The van der Waals surface area contributed by atoms with Gasteiger partial charge in [0, 0.05) is 19.5 Å². The Labute approximate surface area is 121 Å². The highest BCUT2D eigenvalue weighted by Crippen LogP contribution is 2.44. The van der Waals surface area contributed by atoms with Crippen LogP contribution < -0.4 is 0 Å². The van der Waals surface area contributed by atoms with Gasteiger partial charge in [-0.3, -0.25) is 9.59 Å². The van der Waals surface area contributed by atoms with Gasteiger partial charge in [-0.25, -0.2) is 0 Å². The van der Waals surface area contributed by atoms with E-state index in [2.05, 4.69) is 13.8 Å². The van der Waals surface area contributed by atoms with Crippen molar-refractivity contribution < 1.29 is 14.7 Å². The summed E-state index contributed by atoms with van der Waals surface area (Å²) in [6, 6.07) is 0. The first-order valence-corrected chi connectivity index (χ1v) is 7.96. The number of amides is 1. The third kappa shape index (κ3) is 3.15. The van der Waals surface area contributed by atoms with E-state index in [0.29, 0.717) is 24.7 Å². The lowest BCUT2D eigenvalue weighted by molar-refractivity contribution is -0.159. The topological polar surface area (TPSA) is 57.6 Å². The Bertz CT molecular complexity index is 374. The Hall–Kier alpha value is -1.06. The van der Waals surface area contributed by atoms with Crippen molar-refractivity contribution in [2.75, 3.05) is 13.1 Å². The molecule has 0 aromatic rings. The number of carboxylic acid groups (broad SMARTS) is 1. The lowest BCUT2D eigenvalue weighted by atomic mass is 9.66. The molecule has 2 rings (SSSR count). The summed E-state index contributed by atoms with van der Waals surface area (Å²) >= 11 is 0. The average molecular weight is 281 g/mol. The van der Waals surface area contributed by atoms with Crippen molar-refractivity contribution in [3.63, 3.8) is 0 Å². The van der Waals surface area contributed by atoms with Gasteiger partial charge >= 0.3 is 5.97 Å². The molecule has 1 amide bonds. The number of nitrogens with zero attached hydrogens (tertiary/aromatic N) is 1. The standard InChI is InChI=1S/C16H27NO3/c1-12(2)13-5-3-9-17(10-6-13)14(18)11-16(15(19)20)7-4-8-16/h12-13H,3-11H2,1-2H3,(H,19,20). The molecule has 1 saturated carbocycles. The second-order valence-corrected chi connectivity index (χ2v) is 6.93. The van der Waals surface area contributed by atoms with Crippen LogP contribution in [-0.2, 0) is 9.59 Å². The molecule has 1 saturated heterocycles. The lowest BCUT2D eigenvalue weighted by Gasteiger charge is -2.38. The first-order chi connectivity index (χ1) is 9.44. The minimum absolute atomic E-state index is 0.0523. The fourth-order valence-corrected chi connectivity index (χ4v) is 3.51. The Morgan fingerprint density at radius 3 is 2.40 bits per heavy atom. The van der Waals surface area contributed by atoms with Gasteiger partial charge in [0.05, 0.1) is 5.41 Å². The molecule has 0 bridgehead atoms. The van der Waals surface area contributed by atoms with E-state index >= 15 is 0 Å². The summed E-state index contributed by atoms with van der Waals surface area (Å²) in [6.45, 7) is 6.10. The summed E-state index contributed by atoms with van der Waals surface area (Å²) in [5.74, 6) is 0.635. The predicted molar refractivity (Wildman–Crippen MR) is 77.3 cm³/mol. The van der Waals surface area contributed by atoms with Crippen molar-refractivity contribution in [1.29, 1.82) is 0 Å². The molecule has 0 aromatic carbocycles. The number of carbonyl (C=O) groups excluding carboxylic acids is 1. The first kappa shape index (κ1) is 15.3. The number of hydrogen-bond donors (Lipinski definition) is 1. The molecule has 4 heteroatoms. The van der Waals surface area contributed by atoms with Crippen molar-refractivity contribution in [2.45, 2.75) is 58.8 Å². The molecule has 4 nitrogen and oxygen atoms in total. The van der Waals surface area contributed by atoms with Crippen LogP contribution in [0.2, 0.25) is 0 Å². The maximum absolute atomic E-state index is 12.4. The number of aliphatic carboxylic acids is 1. The van der Waals surface area contributed by atoms with Gasteiger partial charge < -0.3 is 10.0 Å². The highest BCUT2D eigenvalue weighted by Gasteiger charge is 2.46. The van der Waals surface area contributed by atoms with Crippen molar-refractivity contribution in [2.24, 2.45) is 17.3 Å². The van der Waals surface area contributed by atoms with E-state index < -0.39 is 11.4 Å². The largest absolute Gasteiger partial charge is 0.481 e. The molecule has 1 atom stereocenters. The third-order valence-electron chi connectivity index (χ3n) is 5.32. The van der Waals surface area contributed by atoms with E-state index in [4.69, 9.17) is 0 Å². The van der Waals surface area contributed by atoms with Crippen LogP contribution in [0.1, 0.15) is 58.8 Å². The van der Waals surface area contributed by atoms with Crippen molar-refractivity contribution in [3.8, 4) is 0 Å². The van der Waals surface area contributed by atoms with Crippen LogP contribution in [0.3, 0.4) is 0 Å². The summed E-state index contributed by atoms with van der Waals surface area (Å²) in [5.41, 5.74) is -0.749. The Kier molecular flexibility index (Phi) is 4.71. The molecule has 2 aliphatic rings. The molecule has 1 N–H and O–H groups in total. The minimum atomic E-state index is -0.785. The van der Waals surface area contributed by atoms with Crippen LogP contribution in [0, 0.1) is 17.3 Å². The summed E-state index contributed by atoms with van der Waals surface area (Å²) in [5, 5.41) is 9.33. The smallest absolute Gasteiger partial charge is 0.310 e. The van der Waals surface area contributed by atoms with Crippen LogP contribution >= 0.6 is 0 Å². The van der Waals surface area contributed by atoms with E-state index in [1.807, 2.05) is 4.90 Å². The monoisotopic (exact) mass is 281 g/mol. The summed E-state index contributed by atoms with van der Waals surface area (Å²) < 4.78 is 0. The van der Waals surface area contributed by atoms with E-state index in [0.717, 1.165) is 32.4 Å². The Morgan fingerprint density at radius 1 is 1.20 bits per heavy atom. The zero-order valence-corrected chi connectivity index (χ0v) is 12.7. The maximum Gasteiger partial charge on any atom is 0.310 e. The molecule has 1 unspecified atom stereocenters. The highest BCUT2D eigenvalue weighted by molar-refractivity contribution is 5.85.